The third kappa shape index (κ3) is 3.05. The molecule has 1 atom stereocenters. The van der Waals surface area contributed by atoms with E-state index in [9.17, 15) is 0 Å². The summed E-state index contributed by atoms with van der Waals surface area (Å²) in [6.45, 7) is 2.63. The van der Waals surface area contributed by atoms with Gasteiger partial charge in [-0.15, -0.1) is 5.10 Å². The van der Waals surface area contributed by atoms with Crippen LogP contribution in [0.1, 0.15) is 12.0 Å². The molecule has 104 valence electrons. The molecule has 0 aliphatic carbocycles. The van der Waals surface area contributed by atoms with E-state index in [1.54, 1.807) is 6.20 Å². The monoisotopic (exact) mass is 269 g/mol. The SMILES string of the molecule is NC1CCN(c2cnnc(NCc3ccccc3)c2)C1. The Hall–Kier alpha value is -2.14. The zero-order valence-corrected chi connectivity index (χ0v) is 11.4. The third-order valence-electron chi connectivity index (χ3n) is 3.55. The molecule has 0 amide bonds. The lowest BCUT2D eigenvalue weighted by atomic mass is 10.2. The molecule has 0 radical (unpaired) electrons. The summed E-state index contributed by atoms with van der Waals surface area (Å²) in [5, 5.41) is 11.5. The second-order valence-corrected chi connectivity index (χ2v) is 5.13. The Labute approximate surface area is 118 Å². The number of nitrogens with zero attached hydrogens (tertiary/aromatic N) is 3. The molecule has 5 nitrogen and oxygen atoms in total. The lowest BCUT2D eigenvalue weighted by Crippen LogP contribution is -2.26. The summed E-state index contributed by atoms with van der Waals surface area (Å²) in [6.07, 6.45) is 2.83. The molecule has 0 saturated carbocycles. The molecule has 2 aromatic rings. The minimum absolute atomic E-state index is 0.267. The van der Waals surface area contributed by atoms with Crippen LogP contribution in [0.3, 0.4) is 0 Å². The number of nitrogens with one attached hydrogen (secondary N) is 1. The zero-order chi connectivity index (χ0) is 13.8. The molecule has 1 unspecified atom stereocenters. The normalized spacial score (nSPS) is 18.2. The number of hydrogen-bond donors (Lipinski definition) is 2. The number of hydrogen-bond acceptors (Lipinski definition) is 5. The van der Waals surface area contributed by atoms with Gasteiger partial charge in [0.1, 0.15) is 0 Å². The lowest BCUT2D eigenvalue weighted by Gasteiger charge is -2.18. The lowest BCUT2D eigenvalue weighted by molar-refractivity contribution is 0.752. The predicted molar refractivity (Wildman–Crippen MR) is 80.6 cm³/mol. The van der Waals surface area contributed by atoms with Crippen LogP contribution >= 0.6 is 0 Å². The number of nitrogens with two attached hydrogens (primary N) is 1. The first-order valence-corrected chi connectivity index (χ1v) is 6.92. The molecular weight excluding hydrogens is 250 g/mol. The predicted octanol–water partition coefficient (Wildman–Crippen LogP) is 1.63. The average molecular weight is 269 g/mol. The van der Waals surface area contributed by atoms with Crippen molar-refractivity contribution in [2.45, 2.75) is 19.0 Å². The molecule has 20 heavy (non-hydrogen) atoms. The van der Waals surface area contributed by atoms with E-state index in [-0.39, 0.29) is 6.04 Å². The molecule has 3 N–H and O–H groups in total. The molecule has 0 spiro atoms. The Kier molecular flexibility index (Phi) is 3.78. The Morgan fingerprint density at radius 3 is 2.90 bits per heavy atom. The highest BCUT2D eigenvalue weighted by atomic mass is 15.2. The van der Waals surface area contributed by atoms with E-state index in [2.05, 4.69) is 32.5 Å². The Morgan fingerprint density at radius 1 is 1.30 bits per heavy atom. The molecular formula is C15H19N5. The van der Waals surface area contributed by atoms with Gasteiger partial charge in [-0.3, -0.25) is 0 Å². The van der Waals surface area contributed by atoms with Gasteiger partial charge in [0.15, 0.2) is 5.82 Å². The van der Waals surface area contributed by atoms with Crippen molar-refractivity contribution in [1.82, 2.24) is 10.2 Å². The minimum atomic E-state index is 0.267. The molecule has 5 heteroatoms. The van der Waals surface area contributed by atoms with Gasteiger partial charge in [-0.05, 0) is 12.0 Å². The van der Waals surface area contributed by atoms with Crippen LogP contribution in [0.2, 0.25) is 0 Å². The van der Waals surface area contributed by atoms with Crippen molar-refractivity contribution in [3.8, 4) is 0 Å². The van der Waals surface area contributed by atoms with Crippen LogP contribution in [-0.2, 0) is 6.54 Å². The molecule has 1 aromatic heterocycles. The summed E-state index contributed by atoms with van der Waals surface area (Å²) in [5.74, 6) is 0.798. The molecule has 0 bridgehead atoms. The van der Waals surface area contributed by atoms with E-state index in [0.717, 1.165) is 37.6 Å². The first kappa shape index (κ1) is 12.9. The van der Waals surface area contributed by atoms with E-state index < -0.39 is 0 Å². The van der Waals surface area contributed by atoms with Crippen LogP contribution in [0, 0.1) is 0 Å². The summed E-state index contributed by atoms with van der Waals surface area (Å²) in [4.78, 5) is 2.26. The van der Waals surface area contributed by atoms with Crippen LogP contribution in [0.25, 0.3) is 0 Å². The van der Waals surface area contributed by atoms with Crippen molar-refractivity contribution in [2.75, 3.05) is 23.3 Å². The van der Waals surface area contributed by atoms with Gasteiger partial charge in [0.2, 0.25) is 0 Å². The fourth-order valence-electron chi connectivity index (χ4n) is 2.43. The van der Waals surface area contributed by atoms with Crippen molar-refractivity contribution < 1.29 is 0 Å². The second kappa shape index (κ2) is 5.88. The molecule has 1 aliphatic rings. The van der Waals surface area contributed by atoms with Gasteiger partial charge in [-0.25, -0.2) is 0 Å². The van der Waals surface area contributed by atoms with Crippen LogP contribution in [-0.4, -0.2) is 29.3 Å². The molecule has 1 saturated heterocycles. The van der Waals surface area contributed by atoms with Gasteiger partial charge in [-0.2, -0.15) is 5.10 Å². The topological polar surface area (TPSA) is 67.1 Å². The van der Waals surface area contributed by atoms with Crippen LogP contribution in [0.5, 0.6) is 0 Å². The maximum Gasteiger partial charge on any atom is 0.150 e. The Morgan fingerprint density at radius 2 is 2.15 bits per heavy atom. The van der Waals surface area contributed by atoms with Crippen molar-refractivity contribution in [3.63, 3.8) is 0 Å². The molecule has 2 heterocycles. The van der Waals surface area contributed by atoms with E-state index in [1.165, 1.54) is 5.56 Å². The Bertz CT molecular complexity index is 557. The number of rotatable bonds is 4. The van der Waals surface area contributed by atoms with E-state index in [4.69, 9.17) is 5.73 Å². The fourth-order valence-corrected chi connectivity index (χ4v) is 2.43. The van der Waals surface area contributed by atoms with Gasteiger partial charge >= 0.3 is 0 Å². The van der Waals surface area contributed by atoms with E-state index in [0.29, 0.717) is 0 Å². The van der Waals surface area contributed by atoms with Gasteiger partial charge in [0.25, 0.3) is 0 Å². The van der Waals surface area contributed by atoms with Gasteiger partial charge in [0.05, 0.1) is 11.9 Å². The van der Waals surface area contributed by atoms with E-state index >= 15 is 0 Å². The first-order chi connectivity index (χ1) is 9.81. The van der Waals surface area contributed by atoms with Crippen molar-refractivity contribution in [2.24, 2.45) is 5.73 Å². The maximum atomic E-state index is 5.94. The summed E-state index contributed by atoms with van der Waals surface area (Å²) in [6, 6.07) is 12.6. The van der Waals surface area contributed by atoms with Gasteiger partial charge < -0.3 is 16.0 Å². The number of aromatic nitrogens is 2. The highest BCUT2D eigenvalue weighted by molar-refractivity contribution is 5.53. The molecule has 1 aliphatic heterocycles. The fraction of sp³-hybridized carbons (Fsp3) is 0.333. The highest BCUT2D eigenvalue weighted by Crippen LogP contribution is 2.20. The number of benzene rings is 1. The van der Waals surface area contributed by atoms with Crippen molar-refractivity contribution >= 4 is 11.5 Å². The quantitative estimate of drug-likeness (QED) is 0.883. The van der Waals surface area contributed by atoms with E-state index in [1.807, 2.05) is 24.3 Å². The molecule has 3 rings (SSSR count). The maximum absolute atomic E-state index is 5.94. The van der Waals surface area contributed by atoms with Crippen molar-refractivity contribution in [1.29, 1.82) is 0 Å². The van der Waals surface area contributed by atoms with Gasteiger partial charge in [0, 0.05) is 31.7 Å². The van der Waals surface area contributed by atoms with Gasteiger partial charge in [-0.1, -0.05) is 30.3 Å². The van der Waals surface area contributed by atoms with Crippen LogP contribution in [0.15, 0.2) is 42.6 Å². The molecule has 1 fully saturated rings. The Balaban J connectivity index is 1.65. The summed E-state index contributed by atoms with van der Waals surface area (Å²) >= 11 is 0. The molecule has 1 aromatic carbocycles. The smallest absolute Gasteiger partial charge is 0.150 e. The summed E-state index contributed by atoms with van der Waals surface area (Å²) < 4.78 is 0. The second-order valence-electron chi connectivity index (χ2n) is 5.13. The third-order valence-corrected chi connectivity index (χ3v) is 3.55. The summed E-state index contributed by atoms with van der Waals surface area (Å²) in [7, 11) is 0. The van der Waals surface area contributed by atoms with Crippen LogP contribution in [0.4, 0.5) is 11.5 Å². The largest absolute Gasteiger partial charge is 0.369 e. The standard InChI is InChI=1S/C15H19N5/c16-13-6-7-20(11-13)14-8-15(19-18-10-14)17-9-12-4-2-1-3-5-12/h1-5,8,10,13H,6-7,9,11,16H2,(H,17,19). The van der Waals surface area contributed by atoms with Crippen molar-refractivity contribution in [3.05, 3.63) is 48.2 Å². The highest BCUT2D eigenvalue weighted by Gasteiger charge is 2.19. The zero-order valence-electron chi connectivity index (χ0n) is 11.4. The van der Waals surface area contributed by atoms with Crippen LogP contribution < -0.4 is 16.0 Å². The average Bonchev–Trinajstić information content (AvgIpc) is 2.93. The minimum Gasteiger partial charge on any atom is -0.369 e. The first-order valence-electron chi connectivity index (χ1n) is 6.92. The number of anilines is 2. The summed E-state index contributed by atoms with van der Waals surface area (Å²) in [5.41, 5.74) is 8.25.